The van der Waals surface area contributed by atoms with Crippen molar-refractivity contribution in [1.82, 2.24) is 0 Å². The van der Waals surface area contributed by atoms with Crippen LogP contribution in [0.2, 0.25) is 0 Å². The maximum Gasteiger partial charge on any atom is -0.0261 e. The van der Waals surface area contributed by atoms with E-state index >= 15 is 0 Å². The van der Waals surface area contributed by atoms with Crippen molar-refractivity contribution in [3.8, 4) is 0 Å². The van der Waals surface area contributed by atoms with Gasteiger partial charge >= 0.3 is 0 Å². The summed E-state index contributed by atoms with van der Waals surface area (Å²) in [5.74, 6) is 2.20. The molecule has 0 amide bonds. The van der Waals surface area contributed by atoms with Gasteiger partial charge in [-0.15, -0.1) is 0 Å². The van der Waals surface area contributed by atoms with Crippen molar-refractivity contribution in [2.45, 2.75) is 46.0 Å². The summed E-state index contributed by atoms with van der Waals surface area (Å²) in [4.78, 5) is 0. The molecule has 3 rings (SSSR count). The zero-order valence-corrected chi connectivity index (χ0v) is 7.69. The van der Waals surface area contributed by atoms with Crippen LogP contribution in [0.4, 0.5) is 0 Å². The fourth-order valence-electron chi connectivity index (χ4n) is 4.20. The van der Waals surface area contributed by atoms with Gasteiger partial charge in [-0.3, -0.25) is 0 Å². The van der Waals surface area contributed by atoms with E-state index in [2.05, 4.69) is 13.8 Å². The quantitative estimate of drug-likeness (QED) is 0.497. The predicted octanol–water partition coefficient (Wildman–Crippen LogP) is 3.22. The number of hydrogen-bond acceptors (Lipinski definition) is 0. The molecule has 0 heteroatoms. The predicted molar refractivity (Wildman–Crippen MR) is 46.3 cm³/mol. The molecule has 1 spiro atoms. The third-order valence-corrected chi connectivity index (χ3v) is 5.04. The van der Waals surface area contributed by atoms with Gasteiger partial charge in [0.15, 0.2) is 0 Å². The summed E-state index contributed by atoms with van der Waals surface area (Å²) in [6.45, 7) is 5.03. The van der Waals surface area contributed by atoms with Crippen molar-refractivity contribution in [2.75, 3.05) is 0 Å². The lowest BCUT2D eigenvalue weighted by molar-refractivity contribution is 0.224. The Morgan fingerprint density at radius 2 is 1.82 bits per heavy atom. The Kier molecular flexibility index (Phi) is 0.906. The van der Waals surface area contributed by atoms with E-state index in [0.29, 0.717) is 0 Å². The lowest BCUT2D eigenvalue weighted by Crippen LogP contribution is -2.19. The Labute approximate surface area is 69.4 Å². The highest BCUT2D eigenvalue weighted by molar-refractivity contribution is 5.15. The summed E-state index contributed by atoms with van der Waals surface area (Å²) < 4.78 is 0. The molecule has 2 atom stereocenters. The van der Waals surface area contributed by atoms with Gasteiger partial charge in [-0.2, -0.15) is 0 Å². The Balaban J connectivity index is 2.02. The minimum atomic E-state index is 0.719. The van der Waals surface area contributed by atoms with Crippen LogP contribution in [-0.4, -0.2) is 0 Å². The molecule has 0 saturated heterocycles. The maximum atomic E-state index is 2.52. The molecule has 0 aromatic carbocycles. The van der Waals surface area contributed by atoms with E-state index in [-0.39, 0.29) is 0 Å². The Bertz CT molecular complexity index is 198. The van der Waals surface area contributed by atoms with Gasteiger partial charge in [0.1, 0.15) is 0 Å². The molecule has 11 heavy (non-hydrogen) atoms. The summed E-state index contributed by atoms with van der Waals surface area (Å²) in [6, 6.07) is 0. The van der Waals surface area contributed by atoms with Gasteiger partial charge in [0.05, 0.1) is 0 Å². The molecular formula is C11H18. The maximum absolute atomic E-state index is 2.52. The Morgan fingerprint density at radius 1 is 1.09 bits per heavy atom. The highest BCUT2D eigenvalue weighted by Crippen LogP contribution is 2.74. The zero-order chi connectivity index (χ0) is 7.69. The number of hydrogen-bond donors (Lipinski definition) is 0. The largest absolute Gasteiger partial charge is 0.0594 e. The zero-order valence-electron chi connectivity index (χ0n) is 7.69. The first kappa shape index (κ1) is 6.51. The van der Waals surface area contributed by atoms with Gasteiger partial charge in [0.25, 0.3) is 0 Å². The molecule has 0 radical (unpaired) electrons. The molecule has 3 aliphatic rings. The fraction of sp³-hybridized carbons (Fsp3) is 1.00. The molecule has 3 aliphatic carbocycles. The van der Waals surface area contributed by atoms with Crippen molar-refractivity contribution in [2.24, 2.45) is 22.7 Å². The Hall–Kier alpha value is 0. The van der Waals surface area contributed by atoms with Gasteiger partial charge in [0.2, 0.25) is 0 Å². The van der Waals surface area contributed by atoms with E-state index < -0.39 is 0 Å². The first-order valence-corrected chi connectivity index (χ1v) is 5.15. The van der Waals surface area contributed by atoms with Crippen molar-refractivity contribution in [3.63, 3.8) is 0 Å². The van der Waals surface area contributed by atoms with Gasteiger partial charge in [0, 0.05) is 0 Å². The summed E-state index contributed by atoms with van der Waals surface area (Å²) in [5.41, 5.74) is 1.61. The first-order chi connectivity index (χ1) is 5.15. The van der Waals surface area contributed by atoms with E-state index in [1.165, 1.54) is 0 Å². The molecule has 0 aliphatic heterocycles. The van der Waals surface area contributed by atoms with Crippen LogP contribution in [0, 0.1) is 22.7 Å². The second-order valence-electron chi connectivity index (χ2n) is 5.71. The second-order valence-corrected chi connectivity index (χ2v) is 5.71. The van der Waals surface area contributed by atoms with Crippen LogP contribution in [0.15, 0.2) is 0 Å². The topological polar surface area (TPSA) is 0 Å². The fourth-order valence-corrected chi connectivity index (χ4v) is 4.20. The summed E-state index contributed by atoms with van der Waals surface area (Å²) in [7, 11) is 0. The van der Waals surface area contributed by atoms with Crippen molar-refractivity contribution in [1.29, 1.82) is 0 Å². The van der Waals surface area contributed by atoms with E-state index in [9.17, 15) is 0 Å². The van der Waals surface area contributed by atoms with Crippen molar-refractivity contribution in [3.05, 3.63) is 0 Å². The minimum Gasteiger partial charge on any atom is -0.0594 e. The van der Waals surface area contributed by atoms with Crippen LogP contribution in [-0.2, 0) is 0 Å². The first-order valence-electron chi connectivity index (χ1n) is 5.15. The van der Waals surface area contributed by atoms with E-state index in [4.69, 9.17) is 0 Å². The molecule has 0 heterocycles. The monoisotopic (exact) mass is 150 g/mol. The standard InChI is InChI=1S/C11H18/c1-10(2)8-3-4-9(10)11(7-8)5-6-11/h8-9H,3-7H2,1-2H3. The molecule has 2 bridgehead atoms. The van der Waals surface area contributed by atoms with E-state index in [1.807, 2.05) is 0 Å². The van der Waals surface area contributed by atoms with Crippen molar-refractivity contribution < 1.29 is 0 Å². The molecule has 62 valence electrons. The molecule has 2 unspecified atom stereocenters. The highest BCUT2D eigenvalue weighted by atomic mass is 14.7. The molecule has 0 aromatic heterocycles. The number of rotatable bonds is 0. The van der Waals surface area contributed by atoms with Crippen LogP contribution >= 0.6 is 0 Å². The van der Waals surface area contributed by atoms with Crippen LogP contribution in [0.25, 0.3) is 0 Å². The second kappa shape index (κ2) is 1.53. The molecule has 0 N–H and O–H groups in total. The normalized spacial score (nSPS) is 48.5. The van der Waals surface area contributed by atoms with Gasteiger partial charge in [-0.25, -0.2) is 0 Å². The average Bonchev–Trinajstić information content (AvgIpc) is 2.58. The summed E-state index contributed by atoms with van der Waals surface area (Å²) in [5, 5.41) is 0. The van der Waals surface area contributed by atoms with Crippen LogP contribution < -0.4 is 0 Å². The highest BCUT2D eigenvalue weighted by Gasteiger charge is 2.65. The molecule has 0 aromatic rings. The van der Waals surface area contributed by atoms with E-state index in [0.717, 1.165) is 22.7 Å². The van der Waals surface area contributed by atoms with E-state index in [1.54, 1.807) is 32.1 Å². The third-order valence-electron chi connectivity index (χ3n) is 5.04. The molecule has 3 fully saturated rings. The van der Waals surface area contributed by atoms with Crippen LogP contribution in [0.5, 0.6) is 0 Å². The molecule has 3 saturated carbocycles. The molecule has 0 nitrogen and oxygen atoms in total. The minimum absolute atomic E-state index is 0.719. The smallest absolute Gasteiger partial charge is 0.0261 e. The lowest BCUT2D eigenvalue weighted by Gasteiger charge is -2.26. The average molecular weight is 150 g/mol. The Morgan fingerprint density at radius 3 is 2.09 bits per heavy atom. The van der Waals surface area contributed by atoms with Gasteiger partial charge in [-0.1, -0.05) is 13.8 Å². The molecular weight excluding hydrogens is 132 g/mol. The van der Waals surface area contributed by atoms with Crippen LogP contribution in [0.3, 0.4) is 0 Å². The lowest BCUT2D eigenvalue weighted by atomic mass is 9.79. The van der Waals surface area contributed by atoms with Crippen molar-refractivity contribution >= 4 is 0 Å². The van der Waals surface area contributed by atoms with Crippen LogP contribution in [0.1, 0.15) is 46.0 Å². The summed E-state index contributed by atoms with van der Waals surface area (Å²) >= 11 is 0. The summed E-state index contributed by atoms with van der Waals surface area (Å²) in [6.07, 6.45) is 7.82. The SMILES string of the molecule is CC1(C)C2CCC1C1(CC1)C2. The van der Waals surface area contributed by atoms with Gasteiger partial charge in [-0.05, 0) is 54.8 Å². The third kappa shape index (κ3) is 0.588. The van der Waals surface area contributed by atoms with Gasteiger partial charge < -0.3 is 0 Å². The number of fused-ring (bicyclic) bond motifs is 3.